The number of rotatable bonds is 5. The van der Waals surface area contributed by atoms with Crippen LogP contribution in [-0.4, -0.2) is 23.1 Å². The van der Waals surface area contributed by atoms with Crippen molar-refractivity contribution in [3.8, 4) is 11.8 Å². The van der Waals surface area contributed by atoms with Crippen molar-refractivity contribution in [1.29, 1.82) is 5.26 Å². The zero-order valence-electron chi connectivity index (χ0n) is 18.0. The highest BCUT2D eigenvalue weighted by Crippen LogP contribution is 2.35. The van der Waals surface area contributed by atoms with Gasteiger partial charge in [0.2, 0.25) is 0 Å². The summed E-state index contributed by atoms with van der Waals surface area (Å²) in [5.41, 5.74) is 6.23. The van der Waals surface area contributed by atoms with Gasteiger partial charge in [0.25, 0.3) is 0 Å². The van der Waals surface area contributed by atoms with E-state index in [1.165, 1.54) is 11.3 Å². The van der Waals surface area contributed by atoms with E-state index in [0.29, 0.717) is 18.1 Å². The standard InChI is InChI=1S/C27H24N4O/c1-19-14-27(31-13-10-23(17-31)22-8-11-29-12-9-22)25-7-6-24(15-26(25)30-19)32-18-21-4-2-20(16-28)3-5-21/h2-9,11-12,14-15,23H,10,13,17-18H2,1H3. The first-order valence-electron chi connectivity index (χ1n) is 10.9. The number of hydrogen-bond donors (Lipinski definition) is 0. The summed E-state index contributed by atoms with van der Waals surface area (Å²) in [6.45, 7) is 4.53. The predicted molar refractivity (Wildman–Crippen MR) is 126 cm³/mol. The van der Waals surface area contributed by atoms with Gasteiger partial charge in [-0.3, -0.25) is 9.97 Å². The van der Waals surface area contributed by atoms with Gasteiger partial charge in [-0.15, -0.1) is 0 Å². The molecule has 0 saturated carbocycles. The molecule has 1 aliphatic rings. The first-order valence-corrected chi connectivity index (χ1v) is 10.9. The molecule has 32 heavy (non-hydrogen) atoms. The summed E-state index contributed by atoms with van der Waals surface area (Å²) < 4.78 is 6.01. The Kier molecular flexibility index (Phi) is 5.43. The second-order valence-electron chi connectivity index (χ2n) is 8.27. The minimum Gasteiger partial charge on any atom is -0.489 e. The SMILES string of the molecule is Cc1cc(N2CCC(c3ccncc3)C2)c2ccc(OCc3ccc(C#N)cc3)cc2n1. The zero-order chi connectivity index (χ0) is 21.9. The van der Waals surface area contributed by atoms with Gasteiger partial charge in [0.1, 0.15) is 12.4 Å². The van der Waals surface area contributed by atoms with Crippen LogP contribution >= 0.6 is 0 Å². The van der Waals surface area contributed by atoms with E-state index in [1.54, 1.807) is 0 Å². The zero-order valence-corrected chi connectivity index (χ0v) is 18.0. The molecule has 0 amide bonds. The molecule has 0 radical (unpaired) electrons. The lowest BCUT2D eigenvalue weighted by atomic mass is 10.00. The summed E-state index contributed by atoms with van der Waals surface area (Å²) in [6.07, 6.45) is 4.89. The Hall–Kier alpha value is -3.91. The van der Waals surface area contributed by atoms with Crippen LogP contribution in [0.25, 0.3) is 10.9 Å². The predicted octanol–water partition coefficient (Wildman–Crippen LogP) is 5.38. The Balaban J connectivity index is 1.36. The Bertz CT molecular complexity index is 1280. The van der Waals surface area contributed by atoms with Crippen LogP contribution in [0.3, 0.4) is 0 Å². The summed E-state index contributed by atoms with van der Waals surface area (Å²) in [4.78, 5) is 11.4. The van der Waals surface area contributed by atoms with Crippen LogP contribution < -0.4 is 9.64 Å². The molecule has 1 saturated heterocycles. The molecule has 0 spiro atoms. The smallest absolute Gasteiger partial charge is 0.122 e. The molecule has 2 aromatic carbocycles. The van der Waals surface area contributed by atoms with Crippen molar-refractivity contribution in [2.45, 2.75) is 25.9 Å². The molecular weight excluding hydrogens is 396 g/mol. The highest BCUT2D eigenvalue weighted by Gasteiger charge is 2.25. The van der Waals surface area contributed by atoms with Gasteiger partial charge in [0.15, 0.2) is 0 Å². The van der Waals surface area contributed by atoms with Gasteiger partial charge >= 0.3 is 0 Å². The molecule has 3 heterocycles. The van der Waals surface area contributed by atoms with Gasteiger partial charge < -0.3 is 9.64 Å². The van der Waals surface area contributed by atoms with E-state index in [0.717, 1.165) is 47.4 Å². The Morgan fingerprint density at radius 3 is 2.66 bits per heavy atom. The van der Waals surface area contributed by atoms with E-state index >= 15 is 0 Å². The van der Waals surface area contributed by atoms with Crippen molar-refractivity contribution in [2.75, 3.05) is 18.0 Å². The molecule has 0 aliphatic carbocycles. The number of fused-ring (bicyclic) bond motifs is 1. The van der Waals surface area contributed by atoms with E-state index in [-0.39, 0.29) is 0 Å². The summed E-state index contributed by atoms with van der Waals surface area (Å²) in [7, 11) is 0. The number of aromatic nitrogens is 2. The van der Waals surface area contributed by atoms with Crippen LogP contribution in [0.5, 0.6) is 5.75 Å². The molecule has 5 nitrogen and oxygen atoms in total. The van der Waals surface area contributed by atoms with Gasteiger partial charge in [0, 0.05) is 54.2 Å². The highest BCUT2D eigenvalue weighted by atomic mass is 16.5. The molecule has 0 N–H and O–H groups in total. The third kappa shape index (κ3) is 4.13. The van der Waals surface area contributed by atoms with E-state index in [2.05, 4.69) is 40.2 Å². The lowest BCUT2D eigenvalue weighted by Gasteiger charge is -2.21. The Morgan fingerprint density at radius 1 is 1.06 bits per heavy atom. The van der Waals surface area contributed by atoms with Crippen molar-refractivity contribution < 1.29 is 4.74 Å². The quantitative estimate of drug-likeness (QED) is 0.434. The van der Waals surface area contributed by atoms with Crippen molar-refractivity contribution in [3.63, 3.8) is 0 Å². The molecule has 158 valence electrons. The fraction of sp³-hybridized carbons (Fsp3) is 0.222. The van der Waals surface area contributed by atoms with E-state index in [1.807, 2.05) is 55.7 Å². The number of nitriles is 1. The highest BCUT2D eigenvalue weighted by molar-refractivity contribution is 5.93. The minimum atomic E-state index is 0.454. The number of aryl methyl sites for hydroxylation is 1. The van der Waals surface area contributed by atoms with Crippen molar-refractivity contribution >= 4 is 16.6 Å². The number of ether oxygens (including phenoxy) is 1. The van der Waals surface area contributed by atoms with E-state index in [4.69, 9.17) is 15.0 Å². The van der Waals surface area contributed by atoms with Crippen LogP contribution in [0.2, 0.25) is 0 Å². The lowest BCUT2D eigenvalue weighted by molar-refractivity contribution is 0.306. The first-order chi connectivity index (χ1) is 15.7. The number of benzene rings is 2. The summed E-state index contributed by atoms with van der Waals surface area (Å²) in [5, 5.41) is 10.1. The number of pyridine rings is 2. The number of nitrogens with zero attached hydrogens (tertiary/aromatic N) is 4. The molecule has 1 fully saturated rings. The van der Waals surface area contributed by atoms with E-state index < -0.39 is 0 Å². The van der Waals surface area contributed by atoms with Gasteiger partial charge in [0.05, 0.1) is 17.1 Å². The van der Waals surface area contributed by atoms with Crippen molar-refractivity contribution in [1.82, 2.24) is 9.97 Å². The van der Waals surface area contributed by atoms with Crippen LogP contribution in [0.1, 0.15) is 34.7 Å². The molecule has 1 atom stereocenters. The van der Waals surface area contributed by atoms with Crippen LogP contribution in [0.4, 0.5) is 5.69 Å². The summed E-state index contributed by atoms with van der Waals surface area (Å²) >= 11 is 0. The Labute approximate surface area is 187 Å². The van der Waals surface area contributed by atoms with Gasteiger partial charge in [-0.25, -0.2) is 0 Å². The maximum Gasteiger partial charge on any atom is 0.122 e. The fourth-order valence-electron chi connectivity index (χ4n) is 4.40. The molecule has 5 rings (SSSR count). The van der Waals surface area contributed by atoms with Crippen LogP contribution in [0.15, 0.2) is 73.1 Å². The lowest BCUT2D eigenvalue weighted by Crippen LogP contribution is -2.19. The number of hydrogen-bond acceptors (Lipinski definition) is 5. The fourth-order valence-corrected chi connectivity index (χ4v) is 4.40. The van der Waals surface area contributed by atoms with Gasteiger partial charge in [-0.2, -0.15) is 5.26 Å². The largest absolute Gasteiger partial charge is 0.489 e. The summed E-state index contributed by atoms with van der Waals surface area (Å²) in [5.74, 6) is 1.32. The normalized spacial score (nSPS) is 15.6. The van der Waals surface area contributed by atoms with Crippen LogP contribution in [-0.2, 0) is 6.61 Å². The van der Waals surface area contributed by atoms with Crippen molar-refractivity contribution in [3.05, 3.63) is 95.4 Å². The Morgan fingerprint density at radius 2 is 1.88 bits per heavy atom. The average molecular weight is 421 g/mol. The molecule has 0 bridgehead atoms. The third-order valence-corrected chi connectivity index (χ3v) is 6.08. The first kappa shape index (κ1) is 20.0. The van der Waals surface area contributed by atoms with Crippen molar-refractivity contribution in [2.24, 2.45) is 0 Å². The maximum absolute atomic E-state index is 8.94. The van der Waals surface area contributed by atoms with E-state index in [9.17, 15) is 0 Å². The molecule has 1 unspecified atom stereocenters. The second-order valence-corrected chi connectivity index (χ2v) is 8.27. The molecule has 2 aromatic heterocycles. The average Bonchev–Trinajstić information content (AvgIpc) is 3.33. The summed E-state index contributed by atoms with van der Waals surface area (Å²) in [6, 6.07) is 22.2. The number of anilines is 1. The molecule has 4 aromatic rings. The second kappa shape index (κ2) is 8.68. The molecule has 1 aliphatic heterocycles. The maximum atomic E-state index is 8.94. The topological polar surface area (TPSA) is 62.0 Å². The molecule has 5 heteroatoms. The monoisotopic (exact) mass is 420 g/mol. The van der Waals surface area contributed by atoms with Crippen LogP contribution in [0, 0.1) is 18.3 Å². The third-order valence-electron chi connectivity index (χ3n) is 6.08. The van der Waals surface area contributed by atoms with Gasteiger partial charge in [-0.05, 0) is 66.9 Å². The minimum absolute atomic E-state index is 0.454. The molecular formula is C27H24N4O. The van der Waals surface area contributed by atoms with Gasteiger partial charge in [-0.1, -0.05) is 12.1 Å².